The van der Waals surface area contributed by atoms with Crippen LogP contribution >= 0.6 is 11.8 Å². The summed E-state index contributed by atoms with van der Waals surface area (Å²) in [4.78, 5) is 10.9. The first-order chi connectivity index (χ1) is 9.06. The van der Waals surface area contributed by atoms with Crippen LogP contribution in [-0.4, -0.2) is 20.9 Å². The van der Waals surface area contributed by atoms with Gasteiger partial charge in [0.05, 0.1) is 16.6 Å². The second-order valence-corrected chi connectivity index (χ2v) is 5.42. The Hall–Kier alpha value is -1.82. The molecule has 2 N–H and O–H groups in total. The van der Waals surface area contributed by atoms with Crippen molar-refractivity contribution >= 4 is 17.7 Å². The lowest BCUT2D eigenvalue weighted by molar-refractivity contribution is -0.117. The topological polar surface area (TPSA) is 60.9 Å². The number of carbonyl (C=O) groups excluding carboxylic acids is 1. The second kappa shape index (κ2) is 5.88. The minimum absolute atomic E-state index is 0.251. The number of hydrogen-bond acceptors (Lipinski definition) is 3. The zero-order chi connectivity index (χ0) is 13.8. The maximum Gasteiger partial charge on any atom is 0.230 e. The summed E-state index contributed by atoms with van der Waals surface area (Å²) in [6.07, 6.45) is 1.76. The van der Waals surface area contributed by atoms with E-state index in [1.807, 2.05) is 6.07 Å². The lowest BCUT2D eigenvalue weighted by atomic mass is 10.3. The summed E-state index contributed by atoms with van der Waals surface area (Å²) in [6.45, 7) is 1.76. The molecular weight excluding hydrogens is 265 g/mol. The highest BCUT2D eigenvalue weighted by molar-refractivity contribution is 7.99. The van der Waals surface area contributed by atoms with Crippen molar-refractivity contribution in [1.29, 1.82) is 0 Å². The quantitative estimate of drug-likeness (QED) is 0.912. The first kappa shape index (κ1) is 13.6. The molecule has 0 saturated heterocycles. The molecule has 0 aliphatic carbocycles. The summed E-state index contributed by atoms with van der Waals surface area (Å²) >= 11 is 1.42. The van der Waals surface area contributed by atoms with Crippen molar-refractivity contribution in [2.24, 2.45) is 5.73 Å². The van der Waals surface area contributed by atoms with Crippen molar-refractivity contribution in [2.45, 2.75) is 17.9 Å². The Bertz CT molecular complexity index is 585. The van der Waals surface area contributed by atoms with E-state index in [1.165, 1.54) is 23.9 Å². The highest BCUT2D eigenvalue weighted by atomic mass is 32.2. The number of benzene rings is 1. The van der Waals surface area contributed by atoms with E-state index in [2.05, 4.69) is 5.10 Å². The molecule has 0 spiro atoms. The molecule has 1 aromatic carbocycles. The normalized spacial score (nSPS) is 12.3. The summed E-state index contributed by atoms with van der Waals surface area (Å²) in [7, 11) is 0. The van der Waals surface area contributed by atoms with Crippen LogP contribution in [0.4, 0.5) is 4.39 Å². The fourth-order valence-electron chi connectivity index (χ4n) is 1.49. The molecule has 0 aliphatic heterocycles. The summed E-state index contributed by atoms with van der Waals surface area (Å²) in [5.74, 6) is -0.0484. The standard InChI is InChI=1S/C13H14FN3OS/c1-9(13(15)18)19-8-11-5-6-17(16-11)12-4-2-3-10(14)7-12/h2-7,9H,8H2,1H3,(H2,15,18). The Morgan fingerprint density at radius 1 is 1.53 bits per heavy atom. The van der Waals surface area contributed by atoms with Gasteiger partial charge in [-0.1, -0.05) is 6.07 Å². The largest absolute Gasteiger partial charge is 0.369 e. The molecule has 2 aromatic rings. The number of amides is 1. The molecule has 4 nitrogen and oxygen atoms in total. The van der Waals surface area contributed by atoms with E-state index in [-0.39, 0.29) is 17.0 Å². The third-order valence-electron chi connectivity index (χ3n) is 2.60. The zero-order valence-corrected chi connectivity index (χ0v) is 11.2. The van der Waals surface area contributed by atoms with E-state index in [1.54, 1.807) is 29.9 Å². The van der Waals surface area contributed by atoms with Crippen LogP contribution in [0, 0.1) is 5.82 Å². The molecule has 19 heavy (non-hydrogen) atoms. The highest BCUT2D eigenvalue weighted by Gasteiger charge is 2.10. The van der Waals surface area contributed by atoms with Crippen molar-refractivity contribution < 1.29 is 9.18 Å². The minimum Gasteiger partial charge on any atom is -0.369 e. The molecule has 0 bridgehead atoms. The predicted octanol–water partition coefficient (Wildman–Crippen LogP) is 2.12. The van der Waals surface area contributed by atoms with Gasteiger partial charge in [-0.2, -0.15) is 5.10 Å². The van der Waals surface area contributed by atoms with E-state index in [9.17, 15) is 9.18 Å². The van der Waals surface area contributed by atoms with Crippen molar-refractivity contribution in [1.82, 2.24) is 9.78 Å². The van der Waals surface area contributed by atoms with E-state index in [0.717, 1.165) is 5.69 Å². The highest BCUT2D eigenvalue weighted by Crippen LogP contribution is 2.17. The molecule has 2 rings (SSSR count). The maximum atomic E-state index is 13.1. The van der Waals surface area contributed by atoms with Gasteiger partial charge in [-0.05, 0) is 31.2 Å². The first-order valence-electron chi connectivity index (χ1n) is 5.77. The molecule has 0 radical (unpaired) electrons. The number of nitrogens with zero attached hydrogens (tertiary/aromatic N) is 2. The van der Waals surface area contributed by atoms with Crippen LogP contribution in [0.1, 0.15) is 12.6 Å². The second-order valence-electron chi connectivity index (χ2n) is 4.09. The Kier molecular flexibility index (Phi) is 4.21. The molecule has 1 amide bonds. The van der Waals surface area contributed by atoms with E-state index < -0.39 is 0 Å². The Morgan fingerprint density at radius 2 is 2.32 bits per heavy atom. The van der Waals surface area contributed by atoms with Gasteiger partial charge in [-0.15, -0.1) is 11.8 Å². The summed E-state index contributed by atoms with van der Waals surface area (Å²) in [5.41, 5.74) is 6.67. The number of thioether (sulfide) groups is 1. The number of nitrogens with two attached hydrogens (primary N) is 1. The third-order valence-corrected chi connectivity index (χ3v) is 3.79. The van der Waals surface area contributed by atoms with E-state index in [0.29, 0.717) is 11.4 Å². The van der Waals surface area contributed by atoms with Gasteiger partial charge < -0.3 is 5.73 Å². The van der Waals surface area contributed by atoms with Crippen molar-refractivity contribution in [3.05, 3.63) is 48.0 Å². The third kappa shape index (κ3) is 3.57. The maximum absolute atomic E-state index is 13.1. The number of hydrogen-bond donors (Lipinski definition) is 1. The predicted molar refractivity (Wildman–Crippen MR) is 73.5 cm³/mol. The van der Waals surface area contributed by atoms with Gasteiger partial charge in [0.15, 0.2) is 0 Å². The Balaban J connectivity index is 2.05. The number of rotatable bonds is 5. The number of primary amides is 1. The van der Waals surface area contributed by atoms with Crippen LogP contribution in [0.5, 0.6) is 0 Å². The Labute approximate surface area is 114 Å². The molecule has 1 aromatic heterocycles. The molecule has 100 valence electrons. The van der Waals surface area contributed by atoms with Crippen LogP contribution in [-0.2, 0) is 10.5 Å². The van der Waals surface area contributed by atoms with Gasteiger partial charge >= 0.3 is 0 Å². The fraction of sp³-hybridized carbons (Fsp3) is 0.231. The van der Waals surface area contributed by atoms with Gasteiger partial charge in [0.1, 0.15) is 5.82 Å². The van der Waals surface area contributed by atoms with Gasteiger partial charge in [-0.3, -0.25) is 4.79 Å². The van der Waals surface area contributed by atoms with Crippen molar-refractivity contribution in [3.63, 3.8) is 0 Å². The Morgan fingerprint density at radius 3 is 3.00 bits per heavy atom. The summed E-state index contributed by atoms with van der Waals surface area (Å²) in [5, 5.41) is 4.08. The SMILES string of the molecule is CC(SCc1ccn(-c2cccc(F)c2)n1)C(N)=O. The molecule has 1 unspecified atom stereocenters. The molecular formula is C13H14FN3OS. The number of halogens is 1. The zero-order valence-electron chi connectivity index (χ0n) is 10.4. The van der Waals surface area contributed by atoms with Gasteiger partial charge in [0.25, 0.3) is 0 Å². The van der Waals surface area contributed by atoms with Crippen molar-refractivity contribution in [2.75, 3.05) is 0 Å². The molecule has 6 heteroatoms. The van der Waals surface area contributed by atoms with Gasteiger partial charge in [0.2, 0.25) is 5.91 Å². The fourth-order valence-corrected chi connectivity index (χ4v) is 2.23. The van der Waals surface area contributed by atoms with Gasteiger partial charge in [0, 0.05) is 11.9 Å². The van der Waals surface area contributed by atoms with Crippen LogP contribution in [0.15, 0.2) is 36.5 Å². The van der Waals surface area contributed by atoms with Crippen molar-refractivity contribution in [3.8, 4) is 5.69 Å². The van der Waals surface area contributed by atoms with Gasteiger partial charge in [-0.25, -0.2) is 9.07 Å². The lowest BCUT2D eigenvalue weighted by Gasteiger charge is -2.04. The average molecular weight is 279 g/mol. The molecule has 1 heterocycles. The smallest absolute Gasteiger partial charge is 0.230 e. The number of aromatic nitrogens is 2. The van der Waals surface area contributed by atoms with E-state index >= 15 is 0 Å². The van der Waals surface area contributed by atoms with Crippen LogP contribution in [0.3, 0.4) is 0 Å². The first-order valence-corrected chi connectivity index (χ1v) is 6.82. The molecule has 0 aliphatic rings. The lowest BCUT2D eigenvalue weighted by Crippen LogP contribution is -2.22. The number of carbonyl (C=O) groups is 1. The van der Waals surface area contributed by atoms with Crippen LogP contribution in [0.2, 0.25) is 0 Å². The monoisotopic (exact) mass is 279 g/mol. The molecule has 1 atom stereocenters. The summed E-state index contributed by atoms with van der Waals surface area (Å²) < 4.78 is 14.7. The average Bonchev–Trinajstić information content (AvgIpc) is 2.84. The minimum atomic E-state index is -0.338. The van der Waals surface area contributed by atoms with E-state index in [4.69, 9.17) is 5.73 Å². The summed E-state index contributed by atoms with van der Waals surface area (Å²) in [6, 6.07) is 8.05. The van der Waals surface area contributed by atoms with Crippen LogP contribution in [0.25, 0.3) is 5.69 Å². The van der Waals surface area contributed by atoms with Crippen LogP contribution < -0.4 is 5.73 Å². The molecule has 0 saturated carbocycles. The molecule has 0 fully saturated rings.